The van der Waals surface area contributed by atoms with Crippen LogP contribution in [0.25, 0.3) is 44.5 Å². The normalized spacial score (nSPS) is 11.2. The minimum atomic E-state index is 0.533. The van der Waals surface area contributed by atoms with Gasteiger partial charge in [-0.3, -0.25) is 10.1 Å². The molecular formula is C23H19N3O4. The molecule has 0 saturated heterocycles. The minimum absolute atomic E-state index is 0.533. The molecule has 0 atom stereocenters. The van der Waals surface area contributed by atoms with E-state index >= 15 is 0 Å². The fourth-order valence-corrected chi connectivity index (χ4v) is 3.72. The number of aromatic nitrogens is 3. The zero-order valence-corrected chi connectivity index (χ0v) is 16.7. The van der Waals surface area contributed by atoms with Gasteiger partial charge in [0.05, 0.1) is 33.0 Å². The van der Waals surface area contributed by atoms with E-state index in [0.29, 0.717) is 28.6 Å². The molecule has 2 aromatic carbocycles. The zero-order valence-electron chi connectivity index (χ0n) is 16.7. The lowest BCUT2D eigenvalue weighted by atomic mass is 10.0. The summed E-state index contributed by atoms with van der Waals surface area (Å²) in [6.45, 7) is 0. The molecule has 0 aliphatic carbocycles. The first kappa shape index (κ1) is 18.1. The van der Waals surface area contributed by atoms with Crippen molar-refractivity contribution in [1.82, 2.24) is 15.2 Å². The summed E-state index contributed by atoms with van der Waals surface area (Å²) < 4.78 is 22.7. The molecule has 7 nitrogen and oxygen atoms in total. The monoisotopic (exact) mass is 401 g/mol. The first-order valence-electron chi connectivity index (χ1n) is 9.35. The second-order valence-corrected chi connectivity index (χ2v) is 6.73. The van der Waals surface area contributed by atoms with Gasteiger partial charge in [-0.15, -0.1) is 0 Å². The molecule has 0 unspecified atom stereocenters. The van der Waals surface area contributed by atoms with E-state index in [1.54, 1.807) is 27.5 Å². The van der Waals surface area contributed by atoms with E-state index < -0.39 is 0 Å². The number of benzene rings is 2. The number of hydrogen-bond donors (Lipinski definition) is 1. The summed E-state index contributed by atoms with van der Waals surface area (Å²) in [6.07, 6.45) is 3.60. The molecule has 0 fully saturated rings. The maximum absolute atomic E-state index is 6.29. The summed E-state index contributed by atoms with van der Waals surface area (Å²) in [5.41, 5.74) is 5.21. The Hall–Kier alpha value is -4.00. The lowest BCUT2D eigenvalue weighted by Gasteiger charge is -2.13. The van der Waals surface area contributed by atoms with Crippen LogP contribution >= 0.6 is 0 Å². The van der Waals surface area contributed by atoms with Crippen LogP contribution in [0.3, 0.4) is 0 Å². The third kappa shape index (κ3) is 2.75. The average Bonchev–Trinajstić information content (AvgIpc) is 3.44. The van der Waals surface area contributed by atoms with Crippen LogP contribution in [0.1, 0.15) is 0 Å². The molecule has 1 N–H and O–H groups in total. The van der Waals surface area contributed by atoms with E-state index in [0.717, 1.165) is 33.1 Å². The van der Waals surface area contributed by atoms with Crippen LogP contribution < -0.4 is 14.2 Å². The van der Waals surface area contributed by atoms with E-state index in [1.807, 2.05) is 48.7 Å². The Labute approximate surface area is 172 Å². The number of H-pyrrole nitrogens is 1. The largest absolute Gasteiger partial charge is 0.493 e. The molecule has 5 rings (SSSR count). The first-order chi connectivity index (χ1) is 14.7. The number of fused-ring (bicyclic) bond motifs is 2. The quantitative estimate of drug-likeness (QED) is 0.443. The van der Waals surface area contributed by atoms with Gasteiger partial charge in [0.2, 0.25) is 5.75 Å². The van der Waals surface area contributed by atoms with Crippen molar-refractivity contribution in [3.05, 3.63) is 54.9 Å². The summed E-state index contributed by atoms with van der Waals surface area (Å²) in [7, 11) is 4.75. The molecule has 0 saturated carbocycles. The van der Waals surface area contributed by atoms with Crippen molar-refractivity contribution >= 4 is 22.0 Å². The van der Waals surface area contributed by atoms with Gasteiger partial charge < -0.3 is 18.6 Å². The molecule has 3 aromatic heterocycles. The van der Waals surface area contributed by atoms with Crippen LogP contribution in [-0.4, -0.2) is 36.5 Å². The van der Waals surface area contributed by atoms with E-state index in [-0.39, 0.29) is 0 Å². The average molecular weight is 401 g/mol. The maximum Gasteiger partial charge on any atom is 0.203 e. The first-order valence-corrected chi connectivity index (χ1v) is 9.35. The summed E-state index contributed by atoms with van der Waals surface area (Å²) in [4.78, 5) is 4.50. The Bertz CT molecular complexity index is 1340. The molecule has 150 valence electrons. The second kappa shape index (κ2) is 7.11. The smallest absolute Gasteiger partial charge is 0.203 e. The molecule has 0 amide bonds. The van der Waals surface area contributed by atoms with Crippen LogP contribution in [0, 0.1) is 0 Å². The van der Waals surface area contributed by atoms with Crippen LogP contribution in [-0.2, 0) is 0 Å². The van der Waals surface area contributed by atoms with Gasteiger partial charge >= 0.3 is 0 Å². The number of ether oxygens (including phenoxy) is 3. The van der Waals surface area contributed by atoms with Crippen molar-refractivity contribution in [2.75, 3.05) is 21.3 Å². The minimum Gasteiger partial charge on any atom is -0.493 e. The Balaban J connectivity index is 1.71. The number of methoxy groups -OCH3 is 3. The van der Waals surface area contributed by atoms with Crippen LogP contribution in [0.2, 0.25) is 0 Å². The highest BCUT2D eigenvalue weighted by molar-refractivity contribution is 6.02. The summed E-state index contributed by atoms with van der Waals surface area (Å²) in [5, 5.41) is 8.20. The zero-order chi connectivity index (χ0) is 20.7. The molecule has 3 heterocycles. The number of furan rings is 1. The van der Waals surface area contributed by atoms with Crippen LogP contribution in [0.4, 0.5) is 0 Å². The van der Waals surface area contributed by atoms with E-state index in [1.165, 1.54) is 0 Å². The number of hydrogen-bond acceptors (Lipinski definition) is 6. The Morgan fingerprint density at radius 1 is 0.900 bits per heavy atom. The Morgan fingerprint density at radius 2 is 1.70 bits per heavy atom. The van der Waals surface area contributed by atoms with Crippen molar-refractivity contribution in [1.29, 1.82) is 0 Å². The van der Waals surface area contributed by atoms with Gasteiger partial charge in [-0.2, -0.15) is 5.10 Å². The van der Waals surface area contributed by atoms with Gasteiger partial charge in [0.25, 0.3) is 0 Å². The summed E-state index contributed by atoms with van der Waals surface area (Å²) in [6, 6.07) is 13.6. The van der Waals surface area contributed by atoms with E-state index in [4.69, 9.17) is 18.6 Å². The fraction of sp³-hybridized carbons (Fsp3) is 0.130. The van der Waals surface area contributed by atoms with Crippen molar-refractivity contribution < 1.29 is 18.6 Å². The van der Waals surface area contributed by atoms with Gasteiger partial charge in [0, 0.05) is 28.8 Å². The molecule has 5 aromatic rings. The fourth-order valence-electron chi connectivity index (χ4n) is 3.72. The second-order valence-electron chi connectivity index (χ2n) is 6.73. The summed E-state index contributed by atoms with van der Waals surface area (Å²) >= 11 is 0. The van der Waals surface area contributed by atoms with Crippen molar-refractivity contribution in [2.45, 2.75) is 0 Å². The number of rotatable bonds is 5. The molecule has 0 bridgehead atoms. The molecule has 0 aliphatic rings. The van der Waals surface area contributed by atoms with E-state index in [9.17, 15) is 0 Å². The lowest BCUT2D eigenvalue weighted by molar-refractivity contribution is 0.324. The number of nitrogens with zero attached hydrogens (tertiary/aromatic N) is 2. The molecule has 0 radical (unpaired) electrons. The predicted octanol–water partition coefficient (Wildman–Crippen LogP) is 5.06. The third-order valence-electron chi connectivity index (χ3n) is 5.14. The molecule has 7 heteroatoms. The SMILES string of the molecule is COc1cc(-c2cc3nccc(-c4cccc5[nH]ncc45)c3o2)cc(OC)c1OC. The van der Waals surface area contributed by atoms with Crippen molar-refractivity contribution in [2.24, 2.45) is 0 Å². The van der Waals surface area contributed by atoms with Gasteiger partial charge in [-0.05, 0) is 29.8 Å². The predicted molar refractivity (Wildman–Crippen MR) is 114 cm³/mol. The van der Waals surface area contributed by atoms with Crippen LogP contribution in [0.15, 0.2) is 59.3 Å². The van der Waals surface area contributed by atoms with Crippen molar-refractivity contribution in [3.8, 4) is 39.7 Å². The number of pyridine rings is 1. The van der Waals surface area contributed by atoms with Gasteiger partial charge in [-0.1, -0.05) is 12.1 Å². The third-order valence-corrected chi connectivity index (χ3v) is 5.14. The lowest BCUT2D eigenvalue weighted by Crippen LogP contribution is -1.95. The maximum atomic E-state index is 6.29. The molecule has 0 spiro atoms. The van der Waals surface area contributed by atoms with Crippen LogP contribution in [0.5, 0.6) is 17.2 Å². The highest BCUT2D eigenvalue weighted by Crippen LogP contribution is 2.43. The van der Waals surface area contributed by atoms with Gasteiger partial charge in [0.1, 0.15) is 11.3 Å². The molecular weight excluding hydrogens is 382 g/mol. The number of aromatic amines is 1. The van der Waals surface area contributed by atoms with Gasteiger partial charge in [-0.25, -0.2) is 0 Å². The van der Waals surface area contributed by atoms with Crippen molar-refractivity contribution in [3.63, 3.8) is 0 Å². The standard InChI is InChI=1S/C23H19N3O4/c1-27-20-9-13(10-21(28-2)23(20)29-3)19-11-18-22(30-19)15(7-8-24-18)14-5-4-6-17-16(14)12-25-26-17/h4-12H,1-3H3,(H,25,26). The Morgan fingerprint density at radius 3 is 2.43 bits per heavy atom. The number of nitrogens with one attached hydrogen (secondary N) is 1. The van der Waals surface area contributed by atoms with E-state index in [2.05, 4.69) is 15.2 Å². The molecule has 0 aliphatic heterocycles. The highest BCUT2D eigenvalue weighted by Gasteiger charge is 2.18. The summed E-state index contributed by atoms with van der Waals surface area (Å²) in [5.74, 6) is 2.31. The highest BCUT2D eigenvalue weighted by atomic mass is 16.5. The Kier molecular flexibility index (Phi) is 4.28. The topological polar surface area (TPSA) is 82.4 Å². The van der Waals surface area contributed by atoms with Gasteiger partial charge in [0.15, 0.2) is 17.1 Å². The molecule has 30 heavy (non-hydrogen) atoms.